The molecular formula is C23H23N5O3S2. The lowest BCUT2D eigenvalue weighted by Gasteiger charge is -2.16. The third-order valence-corrected chi connectivity index (χ3v) is 7.40. The second-order valence-corrected chi connectivity index (χ2v) is 10.1. The molecule has 0 saturated carbocycles. The van der Waals surface area contributed by atoms with Crippen molar-refractivity contribution in [3.05, 3.63) is 71.5 Å². The minimum Gasteiger partial charge on any atom is -0.325 e. The van der Waals surface area contributed by atoms with Crippen molar-refractivity contribution in [2.24, 2.45) is 0 Å². The normalized spacial score (nSPS) is 11.9. The van der Waals surface area contributed by atoms with Gasteiger partial charge in [-0.05, 0) is 68.3 Å². The van der Waals surface area contributed by atoms with Gasteiger partial charge < -0.3 is 5.32 Å². The van der Waals surface area contributed by atoms with Gasteiger partial charge >= 0.3 is 0 Å². The third kappa shape index (κ3) is 6.09. The second-order valence-electron chi connectivity index (χ2n) is 7.22. The predicted octanol–water partition coefficient (Wildman–Crippen LogP) is 4.28. The molecule has 33 heavy (non-hydrogen) atoms. The minimum atomic E-state index is -3.80. The first-order chi connectivity index (χ1) is 15.7. The second kappa shape index (κ2) is 10.5. The van der Waals surface area contributed by atoms with Crippen molar-refractivity contribution in [2.75, 3.05) is 10.0 Å². The molecule has 0 aliphatic heterocycles. The number of carbonyl (C=O) groups is 1. The lowest BCUT2D eigenvalue weighted by atomic mass is 10.1. The number of carbonyl (C=O) groups excluding carboxylic acids is 1. The number of hydrogen-bond donors (Lipinski definition) is 2. The Balaban J connectivity index is 1.71. The number of hydrogen-bond acceptors (Lipinski definition) is 7. The molecule has 3 aromatic rings. The van der Waals surface area contributed by atoms with Crippen LogP contribution in [0.1, 0.15) is 30.2 Å². The number of amides is 1. The summed E-state index contributed by atoms with van der Waals surface area (Å²) in [7, 11) is -3.80. The van der Waals surface area contributed by atoms with Crippen LogP contribution >= 0.6 is 11.8 Å². The van der Waals surface area contributed by atoms with Crippen molar-refractivity contribution in [1.29, 1.82) is 5.26 Å². The van der Waals surface area contributed by atoms with Gasteiger partial charge in [-0.15, -0.1) is 0 Å². The monoisotopic (exact) mass is 481 g/mol. The van der Waals surface area contributed by atoms with Gasteiger partial charge in [-0.2, -0.15) is 5.26 Å². The van der Waals surface area contributed by atoms with E-state index < -0.39 is 15.3 Å². The molecule has 1 unspecified atom stereocenters. The summed E-state index contributed by atoms with van der Waals surface area (Å²) >= 11 is 1.25. The molecule has 170 valence electrons. The summed E-state index contributed by atoms with van der Waals surface area (Å²) in [5.41, 5.74) is 2.52. The van der Waals surface area contributed by atoms with Crippen molar-refractivity contribution in [1.82, 2.24) is 9.97 Å². The lowest BCUT2D eigenvalue weighted by Crippen LogP contribution is -2.25. The number of nitrogens with one attached hydrogen (secondary N) is 2. The van der Waals surface area contributed by atoms with E-state index in [1.54, 1.807) is 18.2 Å². The van der Waals surface area contributed by atoms with Gasteiger partial charge in [-0.25, -0.2) is 18.4 Å². The van der Waals surface area contributed by atoms with Gasteiger partial charge in [0.1, 0.15) is 16.9 Å². The van der Waals surface area contributed by atoms with E-state index in [-0.39, 0.29) is 16.6 Å². The van der Waals surface area contributed by atoms with Crippen LogP contribution in [-0.4, -0.2) is 29.5 Å². The Morgan fingerprint density at radius 1 is 1.18 bits per heavy atom. The Kier molecular flexibility index (Phi) is 7.68. The molecule has 0 fully saturated rings. The number of aryl methyl sites for hydroxylation is 2. The fraction of sp³-hybridized carbons (Fsp3) is 0.217. The minimum absolute atomic E-state index is 0.0469. The molecule has 1 amide bonds. The van der Waals surface area contributed by atoms with E-state index >= 15 is 0 Å². The fourth-order valence-corrected chi connectivity index (χ4v) is 5.17. The zero-order valence-electron chi connectivity index (χ0n) is 18.4. The lowest BCUT2D eigenvalue weighted by molar-refractivity contribution is -0.115. The highest BCUT2D eigenvalue weighted by Crippen LogP contribution is 2.30. The molecule has 0 radical (unpaired) electrons. The van der Waals surface area contributed by atoms with Crippen LogP contribution in [0.4, 0.5) is 11.5 Å². The summed E-state index contributed by atoms with van der Waals surface area (Å²) in [5, 5.41) is 12.3. The van der Waals surface area contributed by atoms with E-state index in [0.29, 0.717) is 22.7 Å². The number of anilines is 2. The summed E-state index contributed by atoms with van der Waals surface area (Å²) < 4.78 is 27.5. The van der Waals surface area contributed by atoms with Crippen LogP contribution in [0.2, 0.25) is 0 Å². The van der Waals surface area contributed by atoms with Gasteiger partial charge in [0.25, 0.3) is 10.0 Å². The van der Waals surface area contributed by atoms with Gasteiger partial charge in [0.2, 0.25) is 5.91 Å². The van der Waals surface area contributed by atoms with E-state index in [0.717, 1.165) is 11.3 Å². The smallest absolute Gasteiger partial charge is 0.263 e. The van der Waals surface area contributed by atoms with E-state index in [2.05, 4.69) is 26.1 Å². The highest BCUT2D eigenvalue weighted by atomic mass is 32.2. The molecule has 2 heterocycles. The fourth-order valence-electron chi connectivity index (χ4n) is 3.04. The first-order valence-corrected chi connectivity index (χ1v) is 12.5. The van der Waals surface area contributed by atoms with Gasteiger partial charge in [-0.1, -0.05) is 24.8 Å². The van der Waals surface area contributed by atoms with E-state index in [9.17, 15) is 18.5 Å². The molecule has 0 spiro atoms. The number of pyridine rings is 2. The zero-order valence-corrected chi connectivity index (χ0v) is 20.0. The first-order valence-electron chi connectivity index (χ1n) is 10.1. The average molecular weight is 482 g/mol. The first kappa shape index (κ1) is 24.2. The van der Waals surface area contributed by atoms with E-state index in [4.69, 9.17) is 0 Å². The van der Waals surface area contributed by atoms with Crippen molar-refractivity contribution in [3.8, 4) is 6.07 Å². The van der Waals surface area contributed by atoms with Gasteiger partial charge in [0.05, 0.1) is 15.7 Å². The van der Waals surface area contributed by atoms with Crippen LogP contribution in [0.3, 0.4) is 0 Å². The maximum atomic E-state index is 12.9. The van der Waals surface area contributed by atoms with Gasteiger partial charge in [0.15, 0.2) is 0 Å². The van der Waals surface area contributed by atoms with Crippen LogP contribution in [0.15, 0.2) is 64.6 Å². The summed E-state index contributed by atoms with van der Waals surface area (Å²) in [6.45, 7) is 5.57. The van der Waals surface area contributed by atoms with Crippen LogP contribution in [-0.2, 0) is 14.8 Å². The number of thioether (sulfide) groups is 1. The SMILES string of the molecule is CCC(Sc1nc(C)cc(C)c1C#N)C(=O)Nc1ccc(S(=O)(=O)Nc2ccccn2)cc1. The van der Waals surface area contributed by atoms with E-state index in [1.165, 1.54) is 42.2 Å². The summed E-state index contributed by atoms with van der Waals surface area (Å²) in [6.07, 6.45) is 2.02. The average Bonchev–Trinajstić information content (AvgIpc) is 2.78. The summed E-state index contributed by atoms with van der Waals surface area (Å²) in [5.74, 6) is -0.0380. The topological polar surface area (TPSA) is 125 Å². The van der Waals surface area contributed by atoms with Crippen LogP contribution in [0, 0.1) is 25.2 Å². The Hall–Kier alpha value is -3.42. The van der Waals surface area contributed by atoms with Gasteiger partial charge in [-0.3, -0.25) is 9.52 Å². The van der Waals surface area contributed by atoms with Gasteiger partial charge in [0, 0.05) is 17.6 Å². The van der Waals surface area contributed by atoms with Crippen LogP contribution in [0.5, 0.6) is 0 Å². The maximum absolute atomic E-state index is 12.9. The predicted molar refractivity (Wildman–Crippen MR) is 128 cm³/mol. The standard InChI is InChI=1S/C23H23N5O3S2/c1-4-20(32-23-19(14-24)15(2)13-16(3)26-23)22(29)27-17-8-10-18(11-9-17)33(30,31)28-21-7-5-6-12-25-21/h5-13,20H,4H2,1-3H3,(H,25,28)(H,27,29). The quantitative estimate of drug-likeness (QED) is 0.460. The molecule has 1 atom stereocenters. The number of sulfonamides is 1. The molecule has 2 aromatic heterocycles. The van der Waals surface area contributed by atoms with Crippen molar-refractivity contribution in [2.45, 2.75) is 42.4 Å². The molecule has 2 N–H and O–H groups in total. The Morgan fingerprint density at radius 2 is 1.91 bits per heavy atom. The number of nitriles is 1. The molecule has 8 nitrogen and oxygen atoms in total. The Morgan fingerprint density at radius 3 is 2.52 bits per heavy atom. The molecular weight excluding hydrogens is 458 g/mol. The largest absolute Gasteiger partial charge is 0.325 e. The van der Waals surface area contributed by atoms with Crippen molar-refractivity contribution in [3.63, 3.8) is 0 Å². The highest BCUT2D eigenvalue weighted by molar-refractivity contribution is 8.00. The molecule has 0 bridgehead atoms. The zero-order chi connectivity index (χ0) is 24.0. The number of aromatic nitrogens is 2. The van der Waals surface area contributed by atoms with E-state index in [1.807, 2.05) is 26.8 Å². The number of benzene rings is 1. The molecule has 0 saturated heterocycles. The number of nitrogens with zero attached hydrogens (tertiary/aromatic N) is 3. The molecule has 10 heteroatoms. The summed E-state index contributed by atoms with van der Waals surface area (Å²) in [4.78, 5) is 21.3. The maximum Gasteiger partial charge on any atom is 0.263 e. The Bertz CT molecular complexity index is 1290. The van der Waals surface area contributed by atoms with Crippen LogP contribution < -0.4 is 10.0 Å². The summed E-state index contributed by atoms with van der Waals surface area (Å²) in [6, 6.07) is 14.8. The Labute approximate surface area is 197 Å². The van der Waals surface area contributed by atoms with Crippen molar-refractivity contribution < 1.29 is 13.2 Å². The van der Waals surface area contributed by atoms with Crippen LogP contribution in [0.25, 0.3) is 0 Å². The number of rotatable bonds is 8. The molecule has 1 aromatic carbocycles. The highest BCUT2D eigenvalue weighted by Gasteiger charge is 2.22. The molecule has 3 rings (SSSR count). The molecule has 0 aliphatic rings. The molecule has 0 aliphatic carbocycles. The third-order valence-electron chi connectivity index (χ3n) is 4.68. The van der Waals surface area contributed by atoms with Crippen molar-refractivity contribution >= 4 is 39.2 Å².